The van der Waals surface area contributed by atoms with E-state index in [0.717, 1.165) is 31.4 Å². The topological polar surface area (TPSA) is 79.0 Å². The summed E-state index contributed by atoms with van der Waals surface area (Å²) in [5.41, 5.74) is 1.14. The van der Waals surface area contributed by atoms with Crippen LogP contribution in [0.4, 0.5) is 5.69 Å². The van der Waals surface area contributed by atoms with E-state index in [1.165, 1.54) is 12.0 Å². The molecule has 2 amide bonds. The zero-order valence-electron chi connectivity index (χ0n) is 19.7. The van der Waals surface area contributed by atoms with E-state index in [1.54, 1.807) is 24.3 Å². The molecule has 0 radical (unpaired) electrons. The molecule has 0 saturated heterocycles. The van der Waals surface area contributed by atoms with Gasteiger partial charge >= 0.3 is 5.97 Å². The van der Waals surface area contributed by atoms with Crippen LogP contribution in [0.1, 0.15) is 48.0 Å². The number of anilines is 1. The highest BCUT2D eigenvalue weighted by atomic mass is 16.5. The van der Waals surface area contributed by atoms with E-state index >= 15 is 0 Å². The summed E-state index contributed by atoms with van der Waals surface area (Å²) >= 11 is 0. The second-order valence-corrected chi connectivity index (χ2v) is 8.83. The summed E-state index contributed by atoms with van der Waals surface area (Å²) in [7, 11) is 5.28. The van der Waals surface area contributed by atoms with Gasteiger partial charge in [0.1, 0.15) is 12.1 Å². The summed E-state index contributed by atoms with van der Waals surface area (Å²) in [6.45, 7) is 0.570. The van der Waals surface area contributed by atoms with Crippen LogP contribution in [0.25, 0.3) is 0 Å². The molecule has 2 aromatic rings. The minimum Gasteiger partial charge on any atom is -0.468 e. The van der Waals surface area contributed by atoms with E-state index in [-0.39, 0.29) is 18.4 Å². The summed E-state index contributed by atoms with van der Waals surface area (Å²) < 4.78 is 4.84. The molecule has 1 fully saturated rings. The quantitative estimate of drug-likeness (QED) is 0.623. The fraction of sp³-hybridized carbons (Fsp3) is 0.423. The highest BCUT2D eigenvalue weighted by Crippen LogP contribution is 2.32. The van der Waals surface area contributed by atoms with Crippen LogP contribution in [0.3, 0.4) is 0 Å². The molecule has 1 aliphatic carbocycles. The highest BCUT2D eigenvalue weighted by Gasteiger charge is 2.44. The molecule has 33 heavy (non-hydrogen) atoms. The van der Waals surface area contributed by atoms with Gasteiger partial charge in [0.15, 0.2) is 0 Å². The van der Waals surface area contributed by atoms with E-state index in [4.69, 9.17) is 4.74 Å². The molecular weight excluding hydrogens is 418 g/mol. The molecular formula is C26H33N3O4. The summed E-state index contributed by atoms with van der Waals surface area (Å²) in [4.78, 5) is 42.7. The Labute approximate surface area is 195 Å². The SMILES string of the molecule is COC(=O)CN(C(=O)C1(NC(=O)c2ccc(CN(C)C)cc2)CCCCC1)c1ccccc1. The molecule has 0 unspecified atom stereocenters. The Bertz CT molecular complexity index is 951. The van der Waals surface area contributed by atoms with Crippen molar-refractivity contribution in [3.05, 3.63) is 65.7 Å². The molecule has 0 aliphatic heterocycles. The third kappa shape index (κ3) is 6.20. The van der Waals surface area contributed by atoms with Gasteiger partial charge < -0.3 is 15.0 Å². The fourth-order valence-corrected chi connectivity index (χ4v) is 4.30. The van der Waals surface area contributed by atoms with Crippen molar-refractivity contribution in [1.29, 1.82) is 0 Å². The molecule has 3 rings (SSSR count). The third-order valence-corrected chi connectivity index (χ3v) is 6.01. The zero-order chi connectivity index (χ0) is 23.8. The summed E-state index contributed by atoms with van der Waals surface area (Å²) in [6.07, 6.45) is 3.72. The maximum atomic E-state index is 13.9. The van der Waals surface area contributed by atoms with E-state index in [0.29, 0.717) is 24.1 Å². The Hall–Kier alpha value is -3.19. The molecule has 2 aromatic carbocycles. The maximum absolute atomic E-state index is 13.9. The second-order valence-electron chi connectivity index (χ2n) is 8.83. The maximum Gasteiger partial charge on any atom is 0.325 e. The van der Waals surface area contributed by atoms with Crippen molar-refractivity contribution < 1.29 is 19.1 Å². The first-order chi connectivity index (χ1) is 15.8. The number of rotatable bonds is 8. The van der Waals surface area contributed by atoms with Gasteiger partial charge in [-0.05, 0) is 56.8 Å². The monoisotopic (exact) mass is 451 g/mol. The van der Waals surface area contributed by atoms with Crippen LogP contribution >= 0.6 is 0 Å². The predicted molar refractivity (Wildman–Crippen MR) is 128 cm³/mol. The lowest BCUT2D eigenvalue weighted by atomic mass is 9.80. The van der Waals surface area contributed by atoms with Gasteiger partial charge in [-0.1, -0.05) is 49.6 Å². The Balaban J connectivity index is 1.88. The van der Waals surface area contributed by atoms with Crippen LogP contribution in [0.5, 0.6) is 0 Å². The Morgan fingerprint density at radius 1 is 0.939 bits per heavy atom. The van der Waals surface area contributed by atoms with Gasteiger partial charge in [-0.15, -0.1) is 0 Å². The average molecular weight is 452 g/mol. The van der Waals surface area contributed by atoms with Gasteiger partial charge in [0, 0.05) is 17.8 Å². The van der Waals surface area contributed by atoms with Crippen LogP contribution in [-0.4, -0.2) is 56.0 Å². The van der Waals surface area contributed by atoms with Crippen molar-refractivity contribution >= 4 is 23.5 Å². The van der Waals surface area contributed by atoms with E-state index in [9.17, 15) is 14.4 Å². The number of para-hydroxylation sites is 1. The Morgan fingerprint density at radius 2 is 1.58 bits per heavy atom. The predicted octanol–water partition coefficient (Wildman–Crippen LogP) is 3.39. The van der Waals surface area contributed by atoms with Gasteiger partial charge in [0.2, 0.25) is 0 Å². The molecule has 0 atom stereocenters. The lowest BCUT2D eigenvalue weighted by Crippen LogP contribution is -2.61. The minimum absolute atomic E-state index is 0.212. The van der Waals surface area contributed by atoms with Crippen molar-refractivity contribution in [3.63, 3.8) is 0 Å². The van der Waals surface area contributed by atoms with Crippen LogP contribution in [0.2, 0.25) is 0 Å². The molecule has 1 N–H and O–H groups in total. The summed E-state index contributed by atoms with van der Waals surface area (Å²) in [6, 6.07) is 16.5. The summed E-state index contributed by atoms with van der Waals surface area (Å²) in [5, 5.41) is 3.06. The number of carbonyl (C=O) groups is 3. The lowest BCUT2D eigenvalue weighted by Gasteiger charge is -2.40. The van der Waals surface area contributed by atoms with Crippen LogP contribution in [0.15, 0.2) is 54.6 Å². The summed E-state index contributed by atoms with van der Waals surface area (Å²) in [5.74, 6) is -1.08. The van der Waals surface area contributed by atoms with Gasteiger partial charge in [-0.25, -0.2) is 0 Å². The normalized spacial score (nSPS) is 15.0. The average Bonchev–Trinajstić information content (AvgIpc) is 2.83. The van der Waals surface area contributed by atoms with Gasteiger partial charge in [-0.2, -0.15) is 0 Å². The Morgan fingerprint density at radius 3 is 2.15 bits per heavy atom. The number of nitrogens with zero attached hydrogens (tertiary/aromatic N) is 2. The van der Waals surface area contributed by atoms with Gasteiger partial charge in [0.05, 0.1) is 7.11 Å². The standard InChI is InChI=1S/C26H33N3O4/c1-28(2)18-20-12-14-21(15-13-20)24(31)27-26(16-8-5-9-17-26)25(32)29(19-23(30)33-3)22-10-6-4-7-11-22/h4,6-7,10-15H,5,8-9,16-19H2,1-3H3,(H,27,31). The molecule has 1 saturated carbocycles. The number of methoxy groups -OCH3 is 1. The third-order valence-electron chi connectivity index (χ3n) is 6.01. The number of esters is 1. The molecule has 7 heteroatoms. The van der Waals surface area contributed by atoms with Gasteiger partial charge in [-0.3, -0.25) is 19.3 Å². The molecule has 176 valence electrons. The zero-order valence-corrected chi connectivity index (χ0v) is 19.7. The lowest BCUT2D eigenvalue weighted by molar-refractivity contribution is -0.140. The number of carbonyl (C=O) groups excluding carboxylic acids is 3. The number of nitrogens with one attached hydrogen (secondary N) is 1. The first-order valence-corrected chi connectivity index (χ1v) is 11.3. The van der Waals surface area contributed by atoms with Crippen molar-refractivity contribution in [3.8, 4) is 0 Å². The number of hydrogen-bond acceptors (Lipinski definition) is 5. The first-order valence-electron chi connectivity index (χ1n) is 11.3. The van der Waals surface area contributed by atoms with E-state index in [1.807, 2.05) is 44.4 Å². The van der Waals surface area contributed by atoms with E-state index in [2.05, 4.69) is 10.2 Å². The van der Waals surface area contributed by atoms with Gasteiger partial charge in [0.25, 0.3) is 11.8 Å². The molecule has 0 aromatic heterocycles. The molecule has 1 aliphatic rings. The van der Waals surface area contributed by atoms with Crippen LogP contribution in [-0.2, 0) is 20.9 Å². The fourth-order valence-electron chi connectivity index (χ4n) is 4.30. The smallest absolute Gasteiger partial charge is 0.325 e. The number of benzene rings is 2. The number of hydrogen-bond donors (Lipinski definition) is 1. The minimum atomic E-state index is -1.07. The van der Waals surface area contributed by atoms with Crippen molar-refractivity contribution in [2.24, 2.45) is 0 Å². The van der Waals surface area contributed by atoms with Crippen molar-refractivity contribution in [2.45, 2.75) is 44.2 Å². The van der Waals surface area contributed by atoms with E-state index < -0.39 is 11.5 Å². The molecule has 0 spiro atoms. The largest absolute Gasteiger partial charge is 0.468 e. The van der Waals surface area contributed by atoms with Crippen LogP contribution in [0, 0.1) is 0 Å². The highest BCUT2D eigenvalue weighted by molar-refractivity contribution is 6.06. The first kappa shape index (κ1) is 24.5. The molecule has 0 heterocycles. The molecule has 0 bridgehead atoms. The number of amides is 2. The van der Waals surface area contributed by atoms with Crippen molar-refractivity contribution in [1.82, 2.24) is 10.2 Å². The van der Waals surface area contributed by atoms with Crippen LogP contribution < -0.4 is 10.2 Å². The van der Waals surface area contributed by atoms with Crippen molar-refractivity contribution in [2.75, 3.05) is 32.6 Å². The molecule has 7 nitrogen and oxygen atoms in total. The number of ether oxygens (including phenoxy) is 1. The second kappa shape index (κ2) is 11.1. The Kier molecular flexibility index (Phi) is 8.22.